The summed E-state index contributed by atoms with van der Waals surface area (Å²) in [5.41, 5.74) is 0. The first kappa shape index (κ1) is 19.3. The fraction of sp³-hybridized carbons (Fsp3) is 0.571. The van der Waals surface area contributed by atoms with Crippen molar-refractivity contribution in [3.05, 3.63) is 22.4 Å². The van der Waals surface area contributed by atoms with Crippen molar-refractivity contribution in [2.45, 2.75) is 47.1 Å². The van der Waals surface area contributed by atoms with E-state index in [2.05, 4.69) is 0 Å². The average Bonchev–Trinajstić information content (AvgIpc) is 2.76. The van der Waals surface area contributed by atoms with E-state index in [0.29, 0.717) is 19.3 Å². The van der Waals surface area contributed by atoms with Crippen molar-refractivity contribution in [2.75, 3.05) is 7.11 Å². The molecule has 0 radical (unpaired) electrons. The molecule has 1 unspecified atom stereocenters. The molecular weight excluding hydrogens is 248 g/mol. The molecule has 0 saturated heterocycles. The molecule has 1 aromatic heterocycles. The number of ether oxygens (including phenoxy) is 1. The molecule has 0 aliphatic carbocycles. The number of carbonyl (C=O) groups excluding carboxylic acids is 2. The molecule has 0 aliphatic rings. The molecule has 0 bridgehead atoms. The zero-order valence-electron chi connectivity index (χ0n) is 9.56. The smallest absolute Gasteiger partial charge is 0.172 e. The number of Topliss-reactive ketones (excluding diaryl/α,β-unsaturated/α-hetero) is 2. The van der Waals surface area contributed by atoms with Crippen molar-refractivity contribution in [1.82, 2.24) is 0 Å². The second-order valence-electron chi connectivity index (χ2n) is 3.70. The molecule has 0 saturated carbocycles. The number of rotatable bonds is 7. The van der Waals surface area contributed by atoms with Crippen LogP contribution in [0, 0.1) is 0 Å². The van der Waals surface area contributed by atoms with Gasteiger partial charge in [-0.3, -0.25) is 9.59 Å². The lowest BCUT2D eigenvalue weighted by Gasteiger charge is -2.12. The molecule has 0 N–H and O–H groups in total. The van der Waals surface area contributed by atoms with Crippen molar-refractivity contribution in [1.29, 1.82) is 0 Å². The maximum absolute atomic E-state index is 11.7. The number of thiophene rings is 1. The van der Waals surface area contributed by atoms with Crippen LogP contribution in [0.15, 0.2) is 17.5 Å². The summed E-state index contributed by atoms with van der Waals surface area (Å²) in [5, 5.41) is 1.89. The van der Waals surface area contributed by atoms with E-state index in [9.17, 15) is 9.59 Å². The van der Waals surface area contributed by atoms with Crippen molar-refractivity contribution >= 4 is 22.9 Å². The highest BCUT2D eigenvalue weighted by Gasteiger charge is 2.14. The van der Waals surface area contributed by atoms with Crippen LogP contribution in [0.25, 0.3) is 0 Å². The van der Waals surface area contributed by atoms with Crippen LogP contribution in [0.1, 0.15) is 50.7 Å². The molecule has 4 heteroatoms. The molecule has 1 atom stereocenters. The molecule has 104 valence electrons. The first-order valence-corrected chi connectivity index (χ1v) is 6.10. The lowest BCUT2D eigenvalue weighted by molar-refractivity contribution is -0.119. The summed E-state index contributed by atoms with van der Waals surface area (Å²) in [6.45, 7) is 1.53. The van der Waals surface area contributed by atoms with Gasteiger partial charge in [0, 0.05) is 20.0 Å². The van der Waals surface area contributed by atoms with E-state index in [-0.39, 0.29) is 32.5 Å². The molecule has 0 aromatic carbocycles. The van der Waals surface area contributed by atoms with Gasteiger partial charge in [0.15, 0.2) is 5.78 Å². The molecule has 0 aliphatic heterocycles. The standard InChI is InChI=1S/C12H16O3S.2CH4/c1-9(13)8-10(15-2)5-6-11(14)12-4-3-7-16-12;;/h3-4,7,10H,5-6,8H2,1-2H3;2*1H4. The first-order valence-electron chi connectivity index (χ1n) is 5.22. The molecule has 0 amide bonds. The number of ketones is 2. The Morgan fingerprint density at radius 3 is 2.50 bits per heavy atom. The minimum absolute atomic E-state index is 0. The molecule has 1 aromatic rings. The normalized spacial score (nSPS) is 11.0. The lowest BCUT2D eigenvalue weighted by Crippen LogP contribution is -2.16. The molecule has 0 fully saturated rings. The van der Waals surface area contributed by atoms with Crippen LogP contribution in [-0.2, 0) is 9.53 Å². The summed E-state index contributed by atoms with van der Waals surface area (Å²) in [6, 6.07) is 3.68. The van der Waals surface area contributed by atoms with Crippen LogP contribution in [0.2, 0.25) is 0 Å². The first-order chi connectivity index (χ1) is 7.63. The van der Waals surface area contributed by atoms with E-state index in [4.69, 9.17) is 4.74 Å². The average molecular weight is 272 g/mol. The maximum Gasteiger partial charge on any atom is 0.172 e. The summed E-state index contributed by atoms with van der Waals surface area (Å²) in [5.74, 6) is 0.219. The Bertz CT molecular complexity index is 344. The van der Waals surface area contributed by atoms with E-state index in [1.807, 2.05) is 17.5 Å². The highest BCUT2D eigenvalue weighted by molar-refractivity contribution is 7.12. The van der Waals surface area contributed by atoms with Crippen LogP contribution in [-0.4, -0.2) is 24.8 Å². The van der Waals surface area contributed by atoms with Gasteiger partial charge < -0.3 is 4.74 Å². The van der Waals surface area contributed by atoms with Gasteiger partial charge in [-0.2, -0.15) is 0 Å². The number of hydrogen-bond donors (Lipinski definition) is 0. The zero-order valence-corrected chi connectivity index (χ0v) is 10.4. The molecule has 1 heterocycles. The minimum Gasteiger partial charge on any atom is -0.381 e. The van der Waals surface area contributed by atoms with E-state index in [1.165, 1.54) is 18.3 Å². The van der Waals surface area contributed by atoms with Gasteiger partial charge in [-0.1, -0.05) is 20.9 Å². The van der Waals surface area contributed by atoms with Crippen molar-refractivity contribution in [3.8, 4) is 0 Å². The second kappa shape index (κ2) is 9.97. The Kier molecular flexibility index (Phi) is 10.7. The Morgan fingerprint density at radius 2 is 2.06 bits per heavy atom. The minimum atomic E-state index is -0.138. The third-order valence-electron chi connectivity index (χ3n) is 2.34. The number of methoxy groups -OCH3 is 1. The van der Waals surface area contributed by atoms with E-state index in [1.54, 1.807) is 7.11 Å². The molecular formula is C14H24O3S. The fourth-order valence-electron chi connectivity index (χ4n) is 1.48. The maximum atomic E-state index is 11.7. The Balaban J connectivity index is 0. The van der Waals surface area contributed by atoms with Gasteiger partial charge in [-0.15, -0.1) is 11.3 Å². The highest BCUT2D eigenvalue weighted by atomic mass is 32.1. The summed E-state index contributed by atoms with van der Waals surface area (Å²) < 4.78 is 5.16. The summed E-state index contributed by atoms with van der Waals surface area (Å²) in [6.07, 6.45) is 1.29. The van der Waals surface area contributed by atoms with Crippen LogP contribution in [0.3, 0.4) is 0 Å². The topological polar surface area (TPSA) is 43.4 Å². The molecule has 18 heavy (non-hydrogen) atoms. The van der Waals surface area contributed by atoms with Crippen molar-refractivity contribution < 1.29 is 14.3 Å². The van der Waals surface area contributed by atoms with Gasteiger partial charge in [0.2, 0.25) is 0 Å². The van der Waals surface area contributed by atoms with Gasteiger partial charge in [0.25, 0.3) is 0 Å². The van der Waals surface area contributed by atoms with Crippen molar-refractivity contribution in [3.63, 3.8) is 0 Å². The SMILES string of the molecule is C.C.COC(CCC(=O)c1cccs1)CC(C)=O. The fourth-order valence-corrected chi connectivity index (χ4v) is 2.17. The third kappa shape index (κ3) is 6.67. The third-order valence-corrected chi connectivity index (χ3v) is 3.25. The Hall–Kier alpha value is -1.00. The highest BCUT2D eigenvalue weighted by Crippen LogP contribution is 2.15. The molecule has 3 nitrogen and oxygen atoms in total. The van der Waals surface area contributed by atoms with Crippen LogP contribution < -0.4 is 0 Å². The number of hydrogen-bond acceptors (Lipinski definition) is 4. The van der Waals surface area contributed by atoms with E-state index >= 15 is 0 Å². The predicted molar refractivity (Wildman–Crippen MR) is 77.4 cm³/mol. The second-order valence-corrected chi connectivity index (χ2v) is 4.65. The quantitative estimate of drug-likeness (QED) is 0.705. The van der Waals surface area contributed by atoms with Gasteiger partial charge in [-0.25, -0.2) is 0 Å². The van der Waals surface area contributed by atoms with Crippen LogP contribution >= 0.6 is 11.3 Å². The van der Waals surface area contributed by atoms with Gasteiger partial charge in [0.1, 0.15) is 5.78 Å². The lowest BCUT2D eigenvalue weighted by atomic mass is 10.1. The van der Waals surface area contributed by atoms with Gasteiger partial charge >= 0.3 is 0 Å². The molecule has 1 rings (SSSR count). The Morgan fingerprint density at radius 1 is 1.39 bits per heavy atom. The van der Waals surface area contributed by atoms with Crippen LogP contribution in [0.4, 0.5) is 0 Å². The molecule has 0 spiro atoms. The Labute approximate surface area is 114 Å². The van der Waals surface area contributed by atoms with Gasteiger partial charge in [-0.05, 0) is 24.8 Å². The number of carbonyl (C=O) groups is 2. The largest absolute Gasteiger partial charge is 0.381 e. The zero-order chi connectivity index (χ0) is 12.0. The van der Waals surface area contributed by atoms with Crippen LogP contribution in [0.5, 0.6) is 0 Å². The predicted octanol–water partition coefficient (Wildman–Crippen LogP) is 3.98. The van der Waals surface area contributed by atoms with Crippen molar-refractivity contribution in [2.24, 2.45) is 0 Å². The summed E-state index contributed by atoms with van der Waals surface area (Å²) >= 11 is 1.45. The van der Waals surface area contributed by atoms with Gasteiger partial charge in [0.05, 0.1) is 11.0 Å². The van der Waals surface area contributed by atoms with E-state index < -0.39 is 0 Å². The van der Waals surface area contributed by atoms with E-state index in [0.717, 1.165) is 4.88 Å². The summed E-state index contributed by atoms with van der Waals surface area (Å²) in [4.78, 5) is 23.4. The monoisotopic (exact) mass is 272 g/mol. The summed E-state index contributed by atoms with van der Waals surface area (Å²) in [7, 11) is 1.57.